The topological polar surface area (TPSA) is 66.3 Å². The number of aryl methyl sites for hydroxylation is 1. The van der Waals surface area contributed by atoms with Crippen LogP contribution in [0.3, 0.4) is 0 Å². The highest BCUT2D eigenvalue weighted by Crippen LogP contribution is 2.40. The molecule has 0 aromatic carbocycles. The fraction of sp³-hybridized carbons (Fsp3) is 0.615. The fourth-order valence-electron chi connectivity index (χ4n) is 3.70. The van der Waals surface area contributed by atoms with E-state index in [0.29, 0.717) is 28.4 Å². The molecule has 2 aromatic rings. The molecule has 2 aliphatic heterocycles. The normalized spacial score (nSPS) is 29.3. The number of nitrogens with zero attached hydrogens (tertiary/aromatic N) is 4. The first-order valence-electron chi connectivity index (χ1n) is 7.00. The highest BCUT2D eigenvalue weighted by Gasteiger charge is 2.40. The van der Waals surface area contributed by atoms with Gasteiger partial charge in [-0.3, -0.25) is 0 Å². The van der Waals surface area contributed by atoms with Crippen LogP contribution in [0.2, 0.25) is 0 Å². The molecule has 4 rings (SSSR count). The fourth-order valence-corrected chi connectivity index (χ4v) is 4.56. The number of alkyl halides is 1. The van der Waals surface area contributed by atoms with Crippen molar-refractivity contribution >= 4 is 27.4 Å². The minimum Gasteiger partial charge on any atom is -0.350 e. The molecule has 2 saturated heterocycles. The Morgan fingerprint density at radius 1 is 1.35 bits per heavy atom. The first-order chi connectivity index (χ1) is 9.63. The molecule has 106 valence electrons. The Labute approximate surface area is 124 Å². The molecule has 0 spiro atoms. The van der Waals surface area contributed by atoms with E-state index in [-0.39, 0.29) is 5.69 Å². The van der Waals surface area contributed by atoms with Gasteiger partial charge >= 0.3 is 5.69 Å². The van der Waals surface area contributed by atoms with Crippen molar-refractivity contribution in [2.24, 2.45) is 0 Å². The van der Waals surface area contributed by atoms with Gasteiger partial charge in [-0.15, -0.1) is 0 Å². The molecule has 2 fully saturated rings. The van der Waals surface area contributed by atoms with Crippen molar-refractivity contribution in [1.82, 2.24) is 19.6 Å². The standard InChI is InChI=1S/C13H16BrN5O/c1-7-15-11(6-12-16-17-13(20)18(7)12)19-9-2-3-10(19)5-8(14)4-9/h6,8-10H,2-5H2,1H3,(H,17,20). The number of halogens is 1. The van der Waals surface area contributed by atoms with E-state index in [1.807, 2.05) is 13.0 Å². The molecule has 2 bridgehead atoms. The van der Waals surface area contributed by atoms with Gasteiger partial charge in [0.05, 0.1) is 0 Å². The van der Waals surface area contributed by atoms with Crippen molar-refractivity contribution in [3.05, 3.63) is 22.4 Å². The largest absolute Gasteiger partial charge is 0.350 e. The summed E-state index contributed by atoms with van der Waals surface area (Å²) in [5, 5.41) is 6.55. The minimum atomic E-state index is -0.223. The molecule has 6 nitrogen and oxygen atoms in total. The van der Waals surface area contributed by atoms with Crippen LogP contribution >= 0.6 is 15.9 Å². The summed E-state index contributed by atoms with van der Waals surface area (Å²) in [6.07, 6.45) is 4.78. The molecule has 1 N–H and O–H groups in total. The number of anilines is 1. The maximum atomic E-state index is 11.7. The van der Waals surface area contributed by atoms with Crippen LogP contribution in [0.15, 0.2) is 10.9 Å². The molecule has 2 aromatic heterocycles. The number of hydrogen-bond acceptors (Lipinski definition) is 4. The van der Waals surface area contributed by atoms with Gasteiger partial charge in [-0.2, -0.15) is 5.10 Å². The van der Waals surface area contributed by atoms with Crippen LogP contribution in [0.25, 0.3) is 5.65 Å². The highest BCUT2D eigenvalue weighted by atomic mass is 79.9. The summed E-state index contributed by atoms with van der Waals surface area (Å²) in [6, 6.07) is 3.03. The first-order valence-corrected chi connectivity index (χ1v) is 7.92. The summed E-state index contributed by atoms with van der Waals surface area (Å²) in [6.45, 7) is 1.85. The molecule has 2 aliphatic rings. The van der Waals surface area contributed by atoms with Crippen molar-refractivity contribution in [3.8, 4) is 0 Å². The number of H-pyrrole nitrogens is 1. The Balaban J connectivity index is 1.81. The van der Waals surface area contributed by atoms with Gasteiger partial charge in [0.25, 0.3) is 0 Å². The number of piperidine rings is 1. The van der Waals surface area contributed by atoms with E-state index in [1.54, 1.807) is 0 Å². The lowest BCUT2D eigenvalue weighted by molar-refractivity contribution is 0.479. The third-order valence-electron chi connectivity index (χ3n) is 4.50. The van der Waals surface area contributed by atoms with Gasteiger partial charge in [0.15, 0.2) is 5.65 Å². The van der Waals surface area contributed by atoms with Gasteiger partial charge in [-0.1, -0.05) is 15.9 Å². The maximum Gasteiger partial charge on any atom is 0.349 e. The molecule has 4 heterocycles. The maximum absolute atomic E-state index is 11.7. The Bertz CT molecular complexity index is 709. The summed E-state index contributed by atoms with van der Waals surface area (Å²) in [5.74, 6) is 1.65. The second-order valence-electron chi connectivity index (χ2n) is 5.74. The van der Waals surface area contributed by atoms with E-state index in [2.05, 4.69) is 36.0 Å². The minimum absolute atomic E-state index is 0.223. The van der Waals surface area contributed by atoms with Gasteiger partial charge in [0.1, 0.15) is 11.6 Å². The Kier molecular flexibility index (Phi) is 2.67. The van der Waals surface area contributed by atoms with E-state index < -0.39 is 0 Å². The summed E-state index contributed by atoms with van der Waals surface area (Å²) in [5.41, 5.74) is 0.427. The van der Waals surface area contributed by atoms with E-state index in [4.69, 9.17) is 0 Å². The van der Waals surface area contributed by atoms with Crippen molar-refractivity contribution in [2.45, 2.75) is 49.5 Å². The van der Waals surface area contributed by atoms with E-state index in [1.165, 1.54) is 17.2 Å². The second kappa shape index (κ2) is 4.31. The molecule has 0 radical (unpaired) electrons. The predicted octanol–water partition coefficient (Wildman–Crippen LogP) is 1.62. The van der Waals surface area contributed by atoms with Crippen LogP contribution in [-0.4, -0.2) is 36.5 Å². The Morgan fingerprint density at radius 3 is 2.75 bits per heavy atom. The molecule has 0 aliphatic carbocycles. The molecular weight excluding hydrogens is 322 g/mol. The molecule has 0 amide bonds. The molecular formula is C13H16BrN5O. The number of nitrogens with one attached hydrogen (secondary N) is 1. The highest BCUT2D eigenvalue weighted by molar-refractivity contribution is 9.09. The van der Waals surface area contributed by atoms with E-state index in [0.717, 1.165) is 18.7 Å². The molecule has 0 saturated carbocycles. The van der Waals surface area contributed by atoms with Crippen LogP contribution in [0.1, 0.15) is 31.5 Å². The number of rotatable bonds is 1. The summed E-state index contributed by atoms with van der Waals surface area (Å²) in [4.78, 5) is 19.3. The van der Waals surface area contributed by atoms with Crippen molar-refractivity contribution in [1.29, 1.82) is 0 Å². The molecule has 2 atom stereocenters. The number of aromatic nitrogens is 4. The number of fused-ring (bicyclic) bond motifs is 3. The lowest BCUT2D eigenvalue weighted by atomic mass is 10.0. The van der Waals surface area contributed by atoms with Crippen LogP contribution in [0.4, 0.5) is 5.82 Å². The molecule has 20 heavy (non-hydrogen) atoms. The Hall–Kier alpha value is -1.37. The van der Waals surface area contributed by atoms with Gasteiger partial charge in [-0.05, 0) is 32.6 Å². The third kappa shape index (κ3) is 1.72. The van der Waals surface area contributed by atoms with E-state index in [9.17, 15) is 4.79 Å². The van der Waals surface area contributed by atoms with Gasteiger partial charge < -0.3 is 4.90 Å². The monoisotopic (exact) mass is 337 g/mol. The second-order valence-corrected chi connectivity index (χ2v) is 7.04. The average molecular weight is 338 g/mol. The SMILES string of the molecule is Cc1nc(N2C3CCC2CC(Br)C3)cc2n[nH]c(=O)n12. The first kappa shape index (κ1) is 12.4. The van der Waals surface area contributed by atoms with Crippen molar-refractivity contribution < 1.29 is 0 Å². The third-order valence-corrected chi connectivity index (χ3v) is 5.24. The zero-order chi connectivity index (χ0) is 13.9. The summed E-state index contributed by atoms with van der Waals surface area (Å²) in [7, 11) is 0. The van der Waals surface area contributed by atoms with Gasteiger partial charge in [-0.25, -0.2) is 19.3 Å². The van der Waals surface area contributed by atoms with Crippen molar-refractivity contribution in [3.63, 3.8) is 0 Å². The smallest absolute Gasteiger partial charge is 0.349 e. The number of hydrogen-bond donors (Lipinski definition) is 1. The molecule has 7 heteroatoms. The lowest BCUT2D eigenvalue weighted by Gasteiger charge is -2.38. The Morgan fingerprint density at radius 2 is 2.05 bits per heavy atom. The van der Waals surface area contributed by atoms with Gasteiger partial charge in [0.2, 0.25) is 0 Å². The average Bonchev–Trinajstić information content (AvgIpc) is 2.89. The predicted molar refractivity (Wildman–Crippen MR) is 79.6 cm³/mol. The quantitative estimate of drug-likeness (QED) is 0.803. The van der Waals surface area contributed by atoms with Crippen LogP contribution in [-0.2, 0) is 0 Å². The lowest BCUT2D eigenvalue weighted by Crippen LogP contribution is -2.44. The van der Waals surface area contributed by atoms with Crippen LogP contribution < -0.4 is 10.6 Å². The zero-order valence-electron chi connectivity index (χ0n) is 11.2. The zero-order valence-corrected chi connectivity index (χ0v) is 12.8. The molecule has 2 unspecified atom stereocenters. The summed E-state index contributed by atoms with van der Waals surface area (Å²) >= 11 is 3.76. The number of aromatic amines is 1. The van der Waals surface area contributed by atoms with E-state index >= 15 is 0 Å². The van der Waals surface area contributed by atoms with Crippen LogP contribution in [0, 0.1) is 6.92 Å². The summed E-state index contributed by atoms with van der Waals surface area (Å²) < 4.78 is 1.52. The van der Waals surface area contributed by atoms with Crippen LogP contribution in [0.5, 0.6) is 0 Å². The van der Waals surface area contributed by atoms with Crippen molar-refractivity contribution in [2.75, 3.05) is 4.90 Å². The van der Waals surface area contributed by atoms with Gasteiger partial charge in [0, 0.05) is 23.0 Å².